The Bertz CT molecular complexity index is 966. The number of phenolic OH excluding ortho intramolecular Hbond substituents is 1. The average molecular weight is 458 g/mol. The SMILES string of the molecule is COCc1c(C(C)C)nc(C(C)C)c(/C=C/[C@@H](O)C[C@@H](O)CC(=O)O)c1-c1ccc(O)cc1. The van der Waals surface area contributed by atoms with Crippen molar-refractivity contribution in [3.63, 3.8) is 0 Å². The number of carboxylic acid groups (broad SMARTS) is 1. The second kappa shape index (κ2) is 11.9. The molecule has 4 N–H and O–H groups in total. The summed E-state index contributed by atoms with van der Waals surface area (Å²) >= 11 is 0. The van der Waals surface area contributed by atoms with Crippen LogP contribution in [0.5, 0.6) is 5.75 Å². The van der Waals surface area contributed by atoms with Crippen LogP contribution < -0.4 is 0 Å². The molecule has 0 aliphatic heterocycles. The molecule has 2 rings (SSSR count). The molecule has 0 saturated heterocycles. The fraction of sp³-hybridized carbons (Fsp3) is 0.462. The molecule has 0 bridgehead atoms. The van der Waals surface area contributed by atoms with Crippen LogP contribution in [0.25, 0.3) is 17.2 Å². The van der Waals surface area contributed by atoms with Gasteiger partial charge in [-0.1, -0.05) is 52.0 Å². The number of hydrogen-bond acceptors (Lipinski definition) is 6. The Morgan fingerprint density at radius 1 is 1.06 bits per heavy atom. The molecule has 0 radical (unpaired) electrons. The van der Waals surface area contributed by atoms with Gasteiger partial charge in [0.25, 0.3) is 0 Å². The van der Waals surface area contributed by atoms with Crippen LogP contribution >= 0.6 is 0 Å². The molecule has 0 saturated carbocycles. The highest BCUT2D eigenvalue weighted by Gasteiger charge is 2.23. The molecule has 0 fully saturated rings. The first kappa shape index (κ1) is 26.5. The van der Waals surface area contributed by atoms with Crippen LogP contribution in [-0.2, 0) is 16.1 Å². The highest BCUT2D eigenvalue weighted by molar-refractivity contribution is 5.80. The molecule has 180 valence electrons. The van der Waals surface area contributed by atoms with E-state index in [1.165, 1.54) is 0 Å². The van der Waals surface area contributed by atoms with Crippen molar-refractivity contribution in [2.75, 3.05) is 7.11 Å². The number of aromatic nitrogens is 1. The van der Waals surface area contributed by atoms with Crippen molar-refractivity contribution in [3.8, 4) is 16.9 Å². The maximum absolute atomic E-state index is 10.8. The van der Waals surface area contributed by atoms with Gasteiger partial charge in [-0.15, -0.1) is 0 Å². The Hall–Kier alpha value is -2.74. The smallest absolute Gasteiger partial charge is 0.305 e. The zero-order chi connectivity index (χ0) is 24.7. The van der Waals surface area contributed by atoms with Crippen LogP contribution in [0, 0.1) is 0 Å². The molecule has 1 heterocycles. The first-order valence-corrected chi connectivity index (χ1v) is 11.2. The Morgan fingerprint density at radius 2 is 1.67 bits per heavy atom. The molecule has 7 heteroatoms. The number of carboxylic acids is 1. The first-order chi connectivity index (χ1) is 15.5. The number of ether oxygens (including phenoxy) is 1. The normalized spacial score (nSPS) is 13.7. The number of aliphatic carboxylic acids is 1. The molecule has 0 spiro atoms. The number of carbonyl (C=O) groups is 1. The number of nitrogens with zero attached hydrogens (tertiary/aromatic N) is 1. The maximum atomic E-state index is 10.8. The van der Waals surface area contributed by atoms with Crippen molar-refractivity contribution in [2.45, 2.75) is 71.2 Å². The third kappa shape index (κ3) is 7.12. The fourth-order valence-electron chi connectivity index (χ4n) is 3.86. The predicted molar refractivity (Wildman–Crippen MR) is 128 cm³/mol. The zero-order valence-electron chi connectivity index (χ0n) is 19.9. The van der Waals surface area contributed by atoms with E-state index in [9.17, 15) is 20.1 Å². The molecule has 0 amide bonds. The van der Waals surface area contributed by atoms with Gasteiger partial charge in [0.15, 0.2) is 0 Å². The molecule has 1 aromatic heterocycles. The van der Waals surface area contributed by atoms with E-state index in [4.69, 9.17) is 14.8 Å². The van der Waals surface area contributed by atoms with Gasteiger partial charge < -0.3 is 25.2 Å². The third-order valence-electron chi connectivity index (χ3n) is 5.34. The second-order valence-electron chi connectivity index (χ2n) is 8.85. The molecule has 7 nitrogen and oxygen atoms in total. The second-order valence-corrected chi connectivity index (χ2v) is 8.85. The van der Waals surface area contributed by atoms with Crippen molar-refractivity contribution < 1.29 is 30.0 Å². The highest BCUT2D eigenvalue weighted by atomic mass is 16.5. The molecule has 0 aliphatic carbocycles. The number of methoxy groups -OCH3 is 1. The summed E-state index contributed by atoms with van der Waals surface area (Å²) in [5, 5.41) is 38.9. The van der Waals surface area contributed by atoms with Crippen LogP contribution in [0.3, 0.4) is 0 Å². The van der Waals surface area contributed by atoms with E-state index in [-0.39, 0.29) is 24.0 Å². The van der Waals surface area contributed by atoms with Gasteiger partial charge in [-0.3, -0.25) is 9.78 Å². The van der Waals surface area contributed by atoms with Gasteiger partial charge in [0, 0.05) is 30.4 Å². The molecular weight excluding hydrogens is 422 g/mol. The molecule has 0 aliphatic rings. The van der Waals surface area contributed by atoms with Gasteiger partial charge in [-0.25, -0.2) is 0 Å². The first-order valence-electron chi connectivity index (χ1n) is 11.2. The van der Waals surface area contributed by atoms with E-state index in [1.54, 1.807) is 31.4 Å². The predicted octanol–water partition coefficient (Wildman–Crippen LogP) is 4.45. The van der Waals surface area contributed by atoms with E-state index in [2.05, 4.69) is 13.8 Å². The highest BCUT2D eigenvalue weighted by Crippen LogP contribution is 2.38. The molecule has 0 unspecified atom stereocenters. The summed E-state index contributed by atoms with van der Waals surface area (Å²) in [5.74, 6) is -0.718. The molecule has 2 aromatic rings. The summed E-state index contributed by atoms with van der Waals surface area (Å²) in [7, 11) is 1.63. The number of phenols is 1. The van der Waals surface area contributed by atoms with Crippen molar-refractivity contribution in [1.29, 1.82) is 0 Å². The monoisotopic (exact) mass is 457 g/mol. The Balaban J connectivity index is 2.69. The summed E-state index contributed by atoms with van der Waals surface area (Å²) in [5.41, 5.74) is 5.33. The van der Waals surface area contributed by atoms with Crippen LogP contribution in [0.15, 0.2) is 30.3 Å². The molecular formula is C26H35NO6. The lowest BCUT2D eigenvalue weighted by Crippen LogP contribution is -2.19. The number of aliphatic hydroxyl groups is 2. The minimum absolute atomic E-state index is 0.0865. The van der Waals surface area contributed by atoms with Crippen molar-refractivity contribution >= 4 is 12.0 Å². The summed E-state index contributed by atoms with van der Waals surface area (Å²) in [6.45, 7) is 8.60. The van der Waals surface area contributed by atoms with E-state index in [1.807, 2.05) is 26.0 Å². The average Bonchev–Trinajstić information content (AvgIpc) is 2.72. The van der Waals surface area contributed by atoms with Gasteiger partial charge in [-0.05, 0) is 35.1 Å². The quantitative estimate of drug-likeness (QED) is 0.393. The van der Waals surface area contributed by atoms with Gasteiger partial charge >= 0.3 is 5.97 Å². The minimum Gasteiger partial charge on any atom is -0.508 e. The number of aromatic hydroxyl groups is 1. The van der Waals surface area contributed by atoms with Gasteiger partial charge in [0.05, 0.1) is 30.9 Å². The Morgan fingerprint density at radius 3 is 2.18 bits per heavy atom. The van der Waals surface area contributed by atoms with Gasteiger partial charge in [0.2, 0.25) is 0 Å². The molecule has 33 heavy (non-hydrogen) atoms. The lowest BCUT2D eigenvalue weighted by atomic mass is 9.87. The maximum Gasteiger partial charge on any atom is 0.305 e. The summed E-state index contributed by atoms with van der Waals surface area (Å²) in [4.78, 5) is 15.8. The van der Waals surface area contributed by atoms with Crippen molar-refractivity contribution in [1.82, 2.24) is 4.98 Å². The summed E-state index contributed by atoms with van der Waals surface area (Å²) < 4.78 is 5.52. The van der Waals surface area contributed by atoms with Crippen LogP contribution in [0.1, 0.15) is 74.9 Å². The van der Waals surface area contributed by atoms with Crippen LogP contribution in [-0.4, -0.2) is 50.7 Å². The third-order valence-corrected chi connectivity index (χ3v) is 5.34. The van der Waals surface area contributed by atoms with Crippen molar-refractivity contribution in [3.05, 3.63) is 52.9 Å². The van der Waals surface area contributed by atoms with Gasteiger partial charge in [0.1, 0.15) is 5.75 Å². The van der Waals surface area contributed by atoms with Gasteiger partial charge in [-0.2, -0.15) is 0 Å². The lowest BCUT2D eigenvalue weighted by Gasteiger charge is -2.23. The van der Waals surface area contributed by atoms with E-state index < -0.39 is 24.6 Å². The lowest BCUT2D eigenvalue weighted by molar-refractivity contribution is -0.139. The van der Waals surface area contributed by atoms with Crippen molar-refractivity contribution in [2.24, 2.45) is 0 Å². The molecule has 1 aromatic carbocycles. The number of rotatable bonds is 11. The largest absolute Gasteiger partial charge is 0.508 e. The standard InChI is InChI=1S/C26H35NO6/c1-15(2)25-21(11-10-19(29)12-20(30)13-23(31)32)24(17-6-8-18(28)9-7-17)22(14-33-5)26(27-25)16(3)4/h6-11,15-16,19-20,28-30H,12-14H2,1-5H3,(H,31,32)/b11-10+/t19-,20-/m1/s1. The number of hydrogen-bond donors (Lipinski definition) is 4. The molecule has 2 atom stereocenters. The zero-order valence-corrected chi connectivity index (χ0v) is 19.9. The number of benzene rings is 1. The topological polar surface area (TPSA) is 120 Å². The van der Waals surface area contributed by atoms with E-state index in [0.29, 0.717) is 6.61 Å². The summed E-state index contributed by atoms with van der Waals surface area (Å²) in [6.07, 6.45) is 0.659. The number of aliphatic hydroxyl groups excluding tert-OH is 2. The van der Waals surface area contributed by atoms with E-state index >= 15 is 0 Å². The fourth-order valence-corrected chi connectivity index (χ4v) is 3.86. The van der Waals surface area contributed by atoms with Crippen LogP contribution in [0.4, 0.5) is 0 Å². The van der Waals surface area contributed by atoms with Crippen LogP contribution in [0.2, 0.25) is 0 Å². The number of pyridine rings is 1. The van der Waals surface area contributed by atoms with E-state index in [0.717, 1.165) is 33.6 Å². The minimum atomic E-state index is -1.14. The Labute approximate surface area is 195 Å². The summed E-state index contributed by atoms with van der Waals surface area (Å²) in [6, 6.07) is 6.92. The Kier molecular flexibility index (Phi) is 9.58.